The van der Waals surface area contributed by atoms with Crippen molar-refractivity contribution in [3.8, 4) is 5.69 Å². The molecule has 4 rings (SSSR count). The van der Waals surface area contributed by atoms with Gasteiger partial charge in [-0.25, -0.2) is 14.5 Å². The van der Waals surface area contributed by atoms with Crippen LogP contribution >= 0.6 is 11.6 Å². The molecule has 0 saturated heterocycles. The lowest BCUT2D eigenvalue weighted by molar-refractivity contribution is -0.152. The van der Waals surface area contributed by atoms with Crippen molar-refractivity contribution in [3.05, 3.63) is 71.3 Å². The number of benzene rings is 2. The third kappa shape index (κ3) is 4.78. The highest BCUT2D eigenvalue weighted by Crippen LogP contribution is 2.29. The molecule has 35 heavy (non-hydrogen) atoms. The van der Waals surface area contributed by atoms with Crippen molar-refractivity contribution in [1.82, 2.24) is 19.7 Å². The molecular weight excluding hydrogens is 474 g/mol. The van der Waals surface area contributed by atoms with E-state index < -0.39 is 36.3 Å². The monoisotopic (exact) mass is 495 g/mol. The zero-order chi connectivity index (χ0) is 25.1. The molecule has 0 spiro atoms. The predicted molar refractivity (Wildman–Crippen MR) is 126 cm³/mol. The van der Waals surface area contributed by atoms with Crippen LogP contribution in [0.1, 0.15) is 41.0 Å². The number of aromatic nitrogens is 3. The van der Waals surface area contributed by atoms with Crippen molar-refractivity contribution in [2.24, 2.45) is 5.92 Å². The first-order valence-electron chi connectivity index (χ1n) is 10.9. The van der Waals surface area contributed by atoms with E-state index in [0.717, 1.165) is 4.90 Å². The zero-order valence-electron chi connectivity index (χ0n) is 19.0. The number of anilines is 1. The molecule has 3 amide bonds. The molecule has 1 aliphatic heterocycles. The van der Waals surface area contributed by atoms with Crippen molar-refractivity contribution < 1.29 is 23.9 Å². The summed E-state index contributed by atoms with van der Waals surface area (Å²) in [5, 5.41) is 7.06. The Labute approximate surface area is 205 Å². The highest BCUT2D eigenvalue weighted by molar-refractivity contribution is 6.31. The Kier molecular flexibility index (Phi) is 6.92. The fourth-order valence-electron chi connectivity index (χ4n) is 3.83. The Morgan fingerprint density at radius 1 is 1.11 bits per heavy atom. The summed E-state index contributed by atoms with van der Waals surface area (Å²) < 4.78 is 6.71. The lowest BCUT2D eigenvalue weighted by Gasteiger charge is -2.28. The highest BCUT2D eigenvalue weighted by Gasteiger charge is 2.45. The summed E-state index contributed by atoms with van der Waals surface area (Å²) in [6.45, 7) is 2.95. The van der Waals surface area contributed by atoms with Crippen molar-refractivity contribution in [2.75, 3.05) is 11.9 Å². The van der Waals surface area contributed by atoms with E-state index in [0.29, 0.717) is 22.8 Å². The van der Waals surface area contributed by atoms with Crippen LogP contribution in [0.25, 0.3) is 5.69 Å². The standard InChI is InChI=1S/C24H22ClN5O5/c1-3-14(2)21(30-22(32)16-6-4-5-7-17(16)23(30)33)24(34)35-11-20(31)28-18-10-15(25)8-9-19(18)29-13-26-12-27-29/h4-10,12-14,21H,3,11H2,1-2H3,(H,28,31)/t14-,21-/m0/s1. The Morgan fingerprint density at radius 3 is 2.40 bits per heavy atom. The lowest BCUT2D eigenvalue weighted by Crippen LogP contribution is -2.49. The number of halogens is 1. The molecule has 11 heteroatoms. The van der Waals surface area contributed by atoms with Crippen LogP contribution in [0.4, 0.5) is 5.69 Å². The lowest BCUT2D eigenvalue weighted by atomic mass is 9.97. The highest BCUT2D eigenvalue weighted by atomic mass is 35.5. The first-order valence-corrected chi connectivity index (χ1v) is 11.3. The smallest absolute Gasteiger partial charge is 0.330 e. The fraction of sp³-hybridized carbons (Fsp3) is 0.250. The van der Waals surface area contributed by atoms with Gasteiger partial charge in [-0.3, -0.25) is 19.3 Å². The molecule has 0 bridgehead atoms. The number of rotatable bonds is 8. The number of ether oxygens (including phenoxy) is 1. The minimum atomic E-state index is -1.17. The number of hydrogen-bond donors (Lipinski definition) is 1. The van der Waals surface area contributed by atoms with Crippen molar-refractivity contribution in [2.45, 2.75) is 26.3 Å². The second-order valence-electron chi connectivity index (χ2n) is 8.01. The largest absolute Gasteiger partial charge is 0.454 e. The Hall–Kier alpha value is -4.05. The van der Waals surface area contributed by atoms with E-state index in [4.69, 9.17) is 16.3 Å². The molecular formula is C24H22ClN5O5. The first-order chi connectivity index (χ1) is 16.8. The van der Waals surface area contributed by atoms with Crippen molar-refractivity contribution in [3.63, 3.8) is 0 Å². The van der Waals surface area contributed by atoms with E-state index in [1.807, 2.05) is 6.92 Å². The molecule has 3 aromatic rings. The van der Waals surface area contributed by atoms with E-state index in [1.165, 1.54) is 23.4 Å². The summed E-state index contributed by atoms with van der Waals surface area (Å²) in [6.07, 6.45) is 3.30. The summed E-state index contributed by atoms with van der Waals surface area (Å²) in [7, 11) is 0. The maximum Gasteiger partial charge on any atom is 0.330 e. The Morgan fingerprint density at radius 2 is 1.80 bits per heavy atom. The van der Waals surface area contributed by atoms with E-state index in [-0.39, 0.29) is 17.0 Å². The maximum absolute atomic E-state index is 13.0. The van der Waals surface area contributed by atoms with Gasteiger partial charge in [0, 0.05) is 5.02 Å². The van der Waals surface area contributed by atoms with Gasteiger partial charge < -0.3 is 10.1 Å². The van der Waals surface area contributed by atoms with E-state index in [2.05, 4.69) is 15.4 Å². The number of carbonyl (C=O) groups excluding carboxylic acids is 4. The summed E-state index contributed by atoms with van der Waals surface area (Å²) in [5.74, 6) is -2.99. The Balaban J connectivity index is 1.48. The van der Waals surface area contributed by atoms with Crippen LogP contribution in [0.2, 0.25) is 5.02 Å². The van der Waals surface area contributed by atoms with Crippen LogP contribution in [-0.2, 0) is 14.3 Å². The average Bonchev–Trinajstić information content (AvgIpc) is 3.46. The van der Waals surface area contributed by atoms with E-state index in [9.17, 15) is 19.2 Å². The molecule has 2 atom stereocenters. The molecule has 0 saturated carbocycles. The molecule has 0 fully saturated rings. The number of nitrogens with one attached hydrogen (secondary N) is 1. The van der Waals surface area contributed by atoms with Crippen LogP contribution in [0.5, 0.6) is 0 Å². The summed E-state index contributed by atoms with van der Waals surface area (Å²) in [4.78, 5) is 56.3. The maximum atomic E-state index is 13.0. The van der Waals surface area contributed by atoms with Gasteiger partial charge in [0.1, 0.15) is 18.7 Å². The summed E-state index contributed by atoms with van der Waals surface area (Å²) in [5.41, 5.74) is 1.31. The molecule has 0 radical (unpaired) electrons. The third-order valence-electron chi connectivity index (χ3n) is 5.77. The second kappa shape index (κ2) is 10.1. The number of nitrogens with zero attached hydrogens (tertiary/aromatic N) is 4. The molecule has 10 nitrogen and oxygen atoms in total. The minimum absolute atomic E-state index is 0.234. The van der Waals surface area contributed by atoms with Gasteiger partial charge in [0.25, 0.3) is 17.7 Å². The topological polar surface area (TPSA) is 123 Å². The van der Waals surface area contributed by atoms with Crippen LogP contribution in [0.15, 0.2) is 55.1 Å². The van der Waals surface area contributed by atoms with Gasteiger partial charge in [-0.2, -0.15) is 5.10 Å². The van der Waals surface area contributed by atoms with Crippen LogP contribution < -0.4 is 5.32 Å². The molecule has 1 N–H and O–H groups in total. The van der Waals surface area contributed by atoms with Gasteiger partial charge in [0.05, 0.1) is 22.5 Å². The summed E-state index contributed by atoms with van der Waals surface area (Å²) >= 11 is 6.07. The molecule has 0 aliphatic carbocycles. The SMILES string of the molecule is CC[C@H](C)[C@@H](C(=O)OCC(=O)Nc1cc(Cl)ccc1-n1cncn1)N1C(=O)c2ccccc2C1=O. The fourth-order valence-corrected chi connectivity index (χ4v) is 4.00. The normalized spacial score (nSPS) is 14.4. The number of imide groups is 1. The molecule has 1 aromatic heterocycles. The van der Waals surface area contributed by atoms with Crippen molar-refractivity contribution >= 4 is 41.0 Å². The first kappa shape index (κ1) is 24.1. The third-order valence-corrected chi connectivity index (χ3v) is 6.01. The minimum Gasteiger partial charge on any atom is -0.454 e. The van der Waals surface area contributed by atoms with Gasteiger partial charge in [-0.05, 0) is 36.2 Å². The predicted octanol–water partition coefficient (Wildman–Crippen LogP) is 3.11. The number of esters is 1. The zero-order valence-corrected chi connectivity index (χ0v) is 19.7. The molecule has 1 aliphatic rings. The number of amides is 3. The van der Waals surface area contributed by atoms with Gasteiger partial charge in [0.2, 0.25) is 0 Å². The quantitative estimate of drug-likeness (QED) is 0.376. The van der Waals surface area contributed by atoms with Crippen LogP contribution in [-0.4, -0.2) is 56.0 Å². The molecule has 0 unspecified atom stereocenters. The second-order valence-corrected chi connectivity index (χ2v) is 8.45. The Bertz CT molecular complexity index is 1260. The van der Waals surface area contributed by atoms with E-state index in [1.54, 1.807) is 43.3 Å². The van der Waals surface area contributed by atoms with Gasteiger partial charge in [0.15, 0.2) is 6.61 Å². The van der Waals surface area contributed by atoms with Gasteiger partial charge in [-0.15, -0.1) is 0 Å². The average molecular weight is 496 g/mol. The van der Waals surface area contributed by atoms with E-state index >= 15 is 0 Å². The number of fused-ring (bicyclic) bond motifs is 1. The number of carbonyl (C=O) groups is 4. The summed E-state index contributed by atoms with van der Waals surface area (Å²) in [6, 6.07) is 10.0. The van der Waals surface area contributed by atoms with Gasteiger partial charge >= 0.3 is 5.97 Å². The number of hydrogen-bond acceptors (Lipinski definition) is 7. The molecule has 2 heterocycles. The molecule has 180 valence electrons. The van der Waals surface area contributed by atoms with Crippen LogP contribution in [0, 0.1) is 5.92 Å². The van der Waals surface area contributed by atoms with Gasteiger partial charge in [-0.1, -0.05) is 44.0 Å². The van der Waals surface area contributed by atoms with Crippen LogP contribution in [0.3, 0.4) is 0 Å². The van der Waals surface area contributed by atoms with Crippen molar-refractivity contribution in [1.29, 1.82) is 0 Å². The molecule has 2 aromatic carbocycles.